The van der Waals surface area contributed by atoms with Gasteiger partial charge in [-0.25, -0.2) is 8.78 Å². The highest BCUT2D eigenvalue weighted by Gasteiger charge is 2.18. The van der Waals surface area contributed by atoms with Gasteiger partial charge in [-0.3, -0.25) is 4.79 Å². The van der Waals surface area contributed by atoms with Gasteiger partial charge in [-0.1, -0.05) is 30.3 Å². The maximum absolute atomic E-state index is 13.8. The van der Waals surface area contributed by atoms with Crippen molar-refractivity contribution in [3.63, 3.8) is 0 Å². The van der Waals surface area contributed by atoms with E-state index in [0.29, 0.717) is 6.54 Å². The molecule has 0 heterocycles. The average Bonchev–Trinajstić information content (AvgIpc) is 2.45. The molecule has 20 heavy (non-hydrogen) atoms. The molecule has 0 spiro atoms. The van der Waals surface area contributed by atoms with Crippen LogP contribution in [0.25, 0.3) is 0 Å². The quantitative estimate of drug-likeness (QED) is 0.871. The monoisotopic (exact) mass is 275 g/mol. The lowest BCUT2D eigenvalue weighted by molar-refractivity contribution is 0.0988. The van der Waals surface area contributed by atoms with E-state index >= 15 is 0 Å². The molecule has 4 heteroatoms. The van der Waals surface area contributed by atoms with Crippen molar-refractivity contribution in [3.8, 4) is 0 Å². The van der Waals surface area contributed by atoms with Crippen LogP contribution in [0.5, 0.6) is 0 Å². The molecule has 0 aliphatic rings. The van der Waals surface area contributed by atoms with Gasteiger partial charge in [-0.2, -0.15) is 0 Å². The van der Waals surface area contributed by atoms with Crippen LogP contribution in [0, 0.1) is 18.6 Å². The van der Waals surface area contributed by atoms with Crippen LogP contribution < -0.4 is 5.73 Å². The Bertz CT molecular complexity index is 653. The van der Waals surface area contributed by atoms with Gasteiger partial charge in [0.1, 0.15) is 0 Å². The van der Waals surface area contributed by atoms with Crippen molar-refractivity contribution in [2.75, 3.05) is 0 Å². The minimum absolute atomic E-state index is 0.00674. The molecule has 0 saturated carbocycles. The van der Waals surface area contributed by atoms with Crippen LogP contribution in [-0.4, -0.2) is 5.78 Å². The number of halogens is 2. The summed E-state index contributed by atoms with van der Waals surface area (Å²) in [5.74, 6) is -2.51. The van der Waals surface area contributed by atoms with Gasteiger partial charge < -0.3 is 5.73 Å². The number of rotatable bonds is 4. The molecule has 0 atom stereocenters. The molecule has 0 saturated heterocycles. The maximum atomic E-state index is 13.8. The smallest absolute Gasteiger partial charge is 0.170 e. The van der Waals surface area contributed by atoms with E-state index in [0.717, 1.165) is 11.1 Å². The molecule has 0 fully saturated rings. The van der Waals surface area contributed by atoms with E-state index in [2.05, 4.69) is 0 Å². The Morgan fingerprint density at radius 3 is 2.35 bits per heavy atom. The summed E-state index contributed by atoms with van der Waals surface area (Å²) in [7, 11) is 0. The zero-order valence-corrected chi connectivity index (χ0v) is 11.1. The fraction of sp³-hybridized carbons (Fsp3) is 0.188. The Labute approximate surface area is 116 Å². The molecule has 0 bridgehead atoms. The highest BCUT2D eigenvalue weighted by molar-refractivity contribution is 5.98. The predicted molar refractivity (Wildman–Crippen MR) is 73.5 cm³/mol. The van der Waals surface area contributed by atoms with E-state index in [1.807, 2.05) is 12.1 Å². The van der Waals surface area contributed by atoms with Crippen molar-refractivity contribution < 1.29 is 13.6 Å². The van der Waals surface area contributed by atoms with Crippen LogP contribution >= 0.6 is 0 Å². The van der Waals surface area contributed by atoms with E-state index in [-0.39, 0.29) is 17.5 Å². The highest BCUT2D eigenvalue weighted by Crippen LogP contribution is 2.18. The molecule has 2 rings (SSSR count). The summed E-state index contributed by atoms with van der Waals surface area (Å²) in [4.78, 5) is 12.1. The number of hydrogen-bond acceptors (Lipinski definition) is 2. The minimum atomic E-state index is -1.08. The molecular formula is C16H15F2NO. The summed E-state index contributed by atoms with van der Waals surface area (Å²) in [6.45, 7) is 1.75. The molecule has 2 aromatic carbocycles. The first-order valence-corrected chi connectivity index (χ1v) is 6.29. The van der Waals surface area contributed by atoms with Crippen molar-refractivity contribution >= 4 is 5.78 Å². The normalized spacial score (nSPS) is 10.6. The fourth-order valence-corrected chi connectivity index (χ4v) is 2.06. The lowest BCUT2D eigenvalue weighted by Crippen LogP contribution is -2.11. The number of carbonyl (C=O) groups excluding carboxylic acids is 1. The van der Waals surface area contributed by atoms with E-state index in [1.165, 1.54) is 19.1 Å². The topological polar surface area (TPSA) is 43.1 Å². The summed E-state index contributed by atoms with van der Waals surface area (Å²) in [5, 5.41) is 0. The van der Waals surface area contributed by atoms with Gasteiger partial charge in [0.15, 0.2) is 17.4 Å². The van der Waals surface area contributed by atoms with Gasteiger partial charge >= 0.3 is 0 Å². The molecule has 0 radical (unpaired) electrons. The summed E-state index contributed by atoms with van der Waals surface area (Å²) in [6.07, 6.45) is 0.00674. The first-order chi connectivity index (χ1) is 9.54. The molecule has 0 amide bonds. The molecule has 104 valence electrons. The number of aryl methyl sites for hydroxylation is 1. The number of carbonyl (C=O) groups is 1. The Kier molecular flexibility index (Phi) is 4.25. The molecule has 2 N–H and O–H groups in total. The van der Waals surface area contributed by atoms with Crippen LogP contribution in [-0.2, 0) is 13.0 Å². The number of ketones is 1. The predicted octanol–water partition coefficient (Wildman–Crippen LogP) is 3.16. The van der Waals surface area contributed by atoms with Gasteiger partial charge in [-0.05, 0) is 29.7 Å². The number of nitrogens with two attached hydrogens (primary N) is 1. The third kappa shape index (κ3) is 2.75. The van der Waals surface area contributed by atoms with E-state index in [9.17, 15) is 13.6 Å². The van der Waals surface area contributed by atoms with Gasteiger partial charge in [0.2, 0.25) is 0 Å². The second-order valence-electron chi connectivity index (χ2n) is 4.63. The number of hydrogen-bond donors (Lipinski definition) is 1. The van der Waals surface area contributed by atoms with Crippen molar-refractivity contribution in [2.24, 2.45) is 5.73 Å². The highest BCUT2D eigenvalue weighted by atomic mass is 19.2. The maximum Gasteiger partial charge on any atom is 0.170 e. The van der Waals surface area contributed by atoms with Gasteiger partial charge in [0.05, 0.1) is 5.56 Å². The first kappa shape index (κ1) is 14.3. The zero-order chi connectivity index (χ0) is 14.7. The molecule has 2 aromatic rings. The lowest BCUT2D eigenvalue weighted by atomic mass is 9.98. The number of Topliss-reactive ketones (excluding diaryl/α,β-unsaturated/α-hetero) is 1. The summed E-state index contributed by atoms with van der Waals surface area (Å²) in [5.41, 5.74) is 7.12. The van der Waals surface area contributed by atoms with Crippen LogP contribution in [0.1, 0.15) is 27.0 Å². The Hall–Kier alpha value is -2.07. The fourth-order valence-electron chi connectivity index (χ4n) is 2.06. The van der Waals surface area contributed by atoms with Crippen LogP contribution in [0.2, 0.25) is 0 Å². The van der Waals surface area contributed by atoms with Crippen molar-refractivity contribution in [3.05, 3.63) is 70.3 Å². The van der Waals surface area contributed by atoms with Crippen LogP contribution in [0.15, 0.2) is 36.4 Å². The Morgan fingerprint density at radius 1 is 1.05 bits per heavy atom. The third-order valence-electron chi connectivity index (χ3n) is 3.27. The summed E-state index contributed by atoms with van der Waals surface area (Å²) in [6, 6.07) is 9.91. The first-order valence-electron chi connectivity index (χ1n) is 6.29. The number of benzene rings is 2. The SMILES string of the molecule is Cc1ccc(C(=O)Cc2ccccc2CN)c(F)c1F. The zero-order valence-electron chi connectivity index (χ0n) is 11.1. The lowest BCUT2D eigenvalue weighted by Gasteiger charge is -2.08. The summed E-state index contributed by atoms with van der Waals surface area (Å²) < 4.78 is 27.3. The van der Waals surface area contributed by atoms with Crippen molar-refractivity contribution in [1.29, 1.82) is 0 Å². The molecular weight excluding hydrogens is 260 g/mol. The van der Waals surface area contributed by atoms with Crippen LogP contribution in [0.4, 0.5) is 8.78 Å². The van der Waals surface area contributed by atoms with Crippen LogP contribution in [0.3, 0.4) is 0 Å². The third-order valence-corrected chi connectivity index (χ3v) is 3.27. The van der Waals surface area contributed by atoms with Gasteiger partial charge in [-0.15, -0.1) is 0 Å². The Balaban J connectivity index is 2.31. The van der Waals surface area contributed by atoms with E-state index < -0.39 is 17.4 Å². The average molecular weight is 275 g/mol. The minimum Gasteiger partial charge on any atom is -0.326 e. The molecule has 2 nitrogen and oxygen atoms in total. The van der Waals surface area contributed by atoms with E-state index in [1.54, 1.807) is 12.1 Å². The van der Waals surface area contributed by atoms with Gasteiger partial charge in [0, 0.05) is 13.0 Å². The largest absolute Gasteiger partial charge is 0.326 e. The Morgan fingerprint density at radius 2 is 1.70 bits per heavy atom. The molecule has 0 aliphatic heterocycles. The standard InChI is InChI=1S/C16H15F2NO/c1-10-6-7-13(16(18)15(10)17)14(20)8-11-4-2-3-5-12(11)9-19/h2-7H,8-9,19H2,1H3. The molecule has 0 aromatic heterocycles. The van der Waals surface area contributed by atoms with Crippen molar-refractivity contribution in [2.45, 2.75) is 19.9 Å². The second-order valence-corrected chi connectivity index (χ2v) is 4.63. The van der Waals surface area contributed by atoms with Crippen molar-refractivity contribution in [1.82, 2.24) is 0 Å². The second kappa shape index (κ2) is 5.92. The van der Waals surface area contributed by atoms with E-state index in [4.69, 9.17) is 5.73 Å². The van der Waals surface area contributed by atoms with Gasteiger partial charge in [0.25, 0.3) is 0 Å². The molecule has 0 aliphatic carbocycles. The molecule has 0 unspecified atom stereocenters. The summed E-state index contributed by atoms with van der Waals surface area (Å²) >= 11 is 0.